The Morgan fingerprint density at radius 3 is 2.87 bits per heavy atom. The minimum Gasteiger partial charge on any atom is -0.379 e. The van der Waals surface area contributed by atoms with Gasteiger partial charge in [0, 0.05) is 30.2 Å². The molecule has 2 N–H and O–H groups in total. The van der Waals surface area contributed by atoms with Crippen LogP contribution in [0.1, 0.15) is 22.3 Å². The maximum Gasteiger partial charge on any atom is 0.251 e. The van der Waals surface area contributed by atoms with Crippen molar-refractivity contribution in [2.45, 2.75) is 13.3 Å². The fourth-order valence-corrected chi connectivity index (χ4v) is 3.70. The average Bonchev–Trinajstić information content (AvgIpc) is 3.14. The average molecular weight is 431 g/mol. The van der Waals surface area contributed by atoms with E-state index in [1.165, 1.54) is 6.07 Å². The van der Waals surface area contributed by atoms with Crippen molar-refractivity contribution in [3.8, 4) is 11.4 Å². The van der Waals surface area contributed by atoms with Crippen molar-refractivity contribution in [1.29, 1.82) is 0 Å². The number of morpholine rings is 1. The summed E-state index contributed by atoms with van der Waals surface area (Å²) >= 11 is 6.15. The number of benzene rings is 2. The molecule has 158 valence electrons. The number of hydrogen-bond donors (Lipinski definition) is 2. The van der Waals surface area contributed by atoms with Crippen molar-refractivity contribution >= 4 is 28.5 Å². The molecule has 1 aliphatic heterocycles. The van der Waals surface area contributed by atoms with E-state index in [4.69, 9.17) is 16.3 Å². The molecule has 0 atom stereocenters. The topological polar surface area (TPSA) is 70.2 Å². The Labute approximate surface area is 179 Å². The van der Waals surface area contributed by atoms with Crippen LogP contribution in [0.5, 0.6) is 0 Å². The smallest absolute Gasteiger partial charge is 0.251 e. The number of carbonyl (C=O) groups excluding carboxylic acids is 1. The van der Waals surface area contributed by atoms with Crippen molar-refractivity contribution in [3.05, 3.63) is 52.3 Å². The van der Waals surface area contributed by atoms with Gasteiger partial charge in [-0.3, -0.25) is 9.69 Å². The number of fused-ring (bicyclic) bond motifs is 1. The van der Waals surface area contributed by atoms with Crippen LogP contribution in [-0.4, -0.2) is 60.2 Å². The highest BCUT2D eigenvalue weighted by Crippen LogP contribution is 2.27. The van der Waals surface area contributed by atoms with Crippen molar-refractivity contribution in [2.75, 3.05) is 39.4 Å². The molecule has 1 aromatic heterocycles. The molecule has 2 aromatic carbocycles. The minimum atomic E-state index is -0.502. The van der Waals surface area contributed by atoms with E-state index in [0.29, 0.717) is 28.5 Å². The van der Waals surface area contributed by atoms with Crippen LogP contribution in [-0.2, 0) is 4.74 Å². The predicted molar refractivity (Wildman–Crippen MR) is 115 cm³/mol. The quantitative estimate of drug-likeness (QED) is 0.584. The molecule has 0 bridgehead atoms. The number of aromatic nitrogens is 2. The summed E-state index contributed by atoms with van der Waals surface area (Å²) in [6.45, 7) is 6.72. The summed E-state index contributed by atoms with van der Waals surface area (Å²) in [5.41, 5.74) is 2.97. The first-order chi connectivity index (χ1) is 14.5. The van der Waals surface area contributed by atoms with Gasteiger partial charge in [0.1, 0.15) is 11.6 Å². The number of imidazole rings is 1. The van der Waals surface area contributed by atoms with E-state index >= 15 is 0 Å². The van der Waals surface area contributed by atoms with E-state index in [0.717, 1.165) is 50.3 Å². The fraction of sp³-hybridized carbons (Fsp3) is 0.364. The molecule has 0 saturated carbocycles. The van der Waals surface area contributed by atoms with Crippen LogP contribution in [0.3, 0.4) is 0 Å². The minimum absolute atomic E-state index is 0.283. The normalized spacial score (nSPS) is 14.9. The van der Waals surface area contributed by atoms with Gasteiger partial charge in [0.05, 0.1) is 29.8 Å². The van der Waals surface area contributed by atoms with E-state index < -0.39 is 5.82 Å². The van der Waals surface area contributed by atoms with E-state index in [1.54, 1.807) is 18.2 Å². The third-order valence-electron chi connectivity index (χ3n) is 5.29. The van der Waals surface area contributed by atoms with Crippen molar-refractivity contribution in [2.24, 2.45) is 0 Å². The Bertz CT molecular complexity index is 1020. The molecular weight excluding hydrogens is 407 g/mol. The van der Waals surface area contributed by atoms with Crippen LogP contribution in [0, 0.1) is 12.7 Å². The molecular formula is C22H24ClFN4O2. The van der Waals surface area contributed by atoms with Crippen LogP contribution < -0.4 is 5.32 Å². The first-order valence-corrected chi connectivity index (χ1v) is 10.4. The highest BCUT2D eigenvalue weighted by molar-refractivity contribution is 6.32. The molecule has 1 aliphatic rings. The zero-order chi connectivity index (χ0) is 21.1. The Morgan fingerprint density at radius 1 is 1.30 bits per heavy atom. The molecule has 0 aliphatic carbocycles. The largest absolute Gasteiger partial charge is 0.379 e. The van der Waals surface area contributed by atoms with Gasteiger partial charge in [-0.25, -0.2) is 9.37 Å². The molecule has 8 heteroatoms. The van der Waals surface area contributed by atoms with Crippen molar-refractivity contribution in [1.82, 2.24) is 20.2 Å². The molecule has 0 radical (unpaired) electrons. The van der Waals surface area contributed by atoms with E-state index in [-0.39, 0.29) is 11.5 Å². The lowest BCUT2D eigenvalue weighted by Crippen LogP contribution is -2.38. The van der Waals surface area contributed by atoms with Gasteiger partial charge in [0.25, 0.3) is 5.91 Å². The van der Waals surface area contributed by atoms with Gasteiger partial charge in [-0.1, -0.05) is 11.6 Å². The van der Waals surface area contributed by atoms with Gasteiger partial charge in [-0.15, -0.1) is 0 Å². The zero-order valence-corrected chi connectivity index (χ0v) is 17.6. The summed E-state index contributed by atoms with van der Waals surface area (Å²) in [6, 6.07) is 8.07. The number of nitrogens with zero attached hydrogens (tertiary/aromatic N) is 2. The molecule has 1 amide bonds. The maximum atomic E-state index is 14.7. The maximum absolute atomic E-state index is 14.7. The highest BCUT2D eigenvalue weighted by Gasteiger charge is 2.15. The molecule has 0 spiro atoms. The molecule has 4 rings (SSSR count). The third-order valence-corrected chi connectivity index (χ3v) is 5.70. The lowest BCUT2D eigenvalue weighted by Gasteiger charge is -2.26. The van der Waals surface area contributed by atoms with Gasteiger partial charge in [0.2, 0.25) is 0 Å². The number of aromatic amines is 1. The lowest BCUT2D eigenvalue weighted by atomic mass is 10.1. The summed E-state index contributed by atoms with van der Waals surface area (Å²) in [7, 11) is 0. The summed E-state index contributed by atoms with van der Waals surface area (Å²) in [5.74, 6) is -0.381. The lowest BCUT2D eigenvalue weighted by molar-refractivity contribution is 0.0374. The molecule has 3 aromatic rings. The summed E-state index contributed by atoms with van der Waals surface area (Å²) in [5, 5.41) is 3.47. The zero-order valence-electron chi connectivity index (χ0n) is 16.8. The molecule has 1 fully saturated rings. The number of aryl methyl sites for hydroxylation is 1. The second-order valence-electron chi connectivity index (χ2n) is 7.46. The number of nitrogens with one attached hydrogen (secondary N) is 2. The van der Waals surface area contributed by atoms with Crippen molar-refractivity contribution in [3.63, 3.8) is 0 Å². The van der Waals surface area contributed by atoms with E-state index in [9.17, 15) is 9.18 Å². The van der Waals surface area contributed by atoms with Gasteiger partial charge < -0.3 is 15.0 Å². The number of rotatable bonds is 6. The number of amides is 1. The van der Waals surface area contributed by atoms with Gasteiger partial charge >= 0.3 is 0 Å². The SMILES string of the molecule is Cc1cc2[nH]c(-c3ccc(C(=O)NCCCN4CCOCC4)cc3F)nc2cc1Cl. The van der Waals surface area contributed by atoms with Gasteiger partial charge in [0.15, 0.2) is 0 Å². The third kappa shape index (κ3) is 4.64. The Balaban J connectivity index is 1.39. The fourth-order valence-electron chi connectivity index (χ4n) is 3.55. The Hall–Kier alpha value is -2.48. The van der Waals surface area contributed by atoms with E-state index in [2.05, 4.69) is 20.2 Å². The molecule has 2 heterocycles. The van der Waals surface area contributed by atoms with Gasteiger partial charge in [-0.2, -0.15) is 0 Å². The highest BCUT2D eigenvalue weighted by atomic mass is 35.5. The van der Waals surface area contributed by atoms with Crippen LogP contribution >= 0.6 is 11.6 Å². The monoisotopic (exact) mass is 430 g/mol. The van der Waals surface area contributed by atoms with Crippen LogP contribution in [0.15, 0.2) is 30.3 Å². The summed E-state index contributed by atoms with van der Waals surface area (Å²) in [6.07, 6.45) is 0.841. The van der Waals surface area contributed by atoms with Crippen molar-refractivity contribution < 1.29 is 13.9 Å². The number of halogens is 2. The number of carbonyl (C=O) groups is 1. The summed E-state index contributed by atoms with van der Waals surface area (Å²) in [4.78, 5) is 22.2. The molecule has 30 heavy (non-hydrogen) atoms. The number of hydrogen-bond acceptors (Lipinski definition) is 4. The predicted octanol–water partition coefficient (Wildman–Crippen LogP) is 3.78. The Kier molecular flexibility index (Phi) is 6.32. The molecule has 0 unspecified atom stereocenters. The van der Waals surface area contributed by atoms with Gasteiger partial charge in [-0.05, 0) is 55.8 Å². The first-order valence-electron chi connectivity index (χ1n) is 10.1. The summed E-state index contributed by atoms with van der Waals surface area (Å²) < 4.78 is 20.1. The molecule has 1 saturated heterocycles. The van der Waals surface area contributed by atoms with Crippen LogP contribution in [0.4, 0.5) is 4.39 Å². The Morgan fingerprint density at radius 2 is 2.10 bits per heavy atom. The number of ether oxygens (including phenoxy) is 1. The van der Waals surface area contributed by atoms with Crippen LogP contribution in [0.25, 0.3) is 22.4 Å². The first kappa shape index (κ1) is 20.8. The van der Waals surface area contributed by atoms with E-state index in [1.807, 2.05) is 13.0 Å². The molecule has 6 nitrogen and oxygen atoms in total. The standard InChI is InChI=1S/C22H24ClFN4O2/c1-14-11-19-20(13-17(14)23)27-21(26-19)16-4-3-15(12-18(16)24)22(29)25-5-2-6-28-7-9-30-10-8-28/h3-4,11-13H,2,5-10H2,1H3,(H,25,29)(H,26,27). The number of H-pyrrole nitrogens is 1. The second-order valence-corrected chi connectivity index (χ2v) is 7.87. The van der Waals surface area contributed by atoms with Crippen LogP contribution in [0.2, 0.25) is 5.02 Å². The second kappa shape index (κ2) is 9.12.